The van der Waals surface area contributed by atoms with Crippen LogP contribution in [0.1, 0.15) is 25.8 Å². The monoisotopic (exact) mass is 224 g/mol. The van der Waals surface area contributed by atoms with Crippen LogP contribution in [0.25, 0.3) is 0 Å². The summed E-state index contributed by atoms with van der Waals surface area (Å²) in [7, 11) is 0. The zero-order chi connectivity index (χ0) is 12.1. The van der Waals surface area contributed by atoms with Gasteiger partial charge in [0.1, 0.15) is 0 Å². The van der Waals surface area contributed by atoms with E-state index in [9.17, 15) is 4.79 Å². The Balaban J connectivity index is 2.46. The first-order valence-electron chi connectivity index (χ1n) is 5.57. The van der Waals surface area contributed by atoms with Crippen LogP contribution in [-0.2, 0) is 11.3 Å². The minimum Gasteiger partial charge on any atom is -0.368 e. The standard InChI is InChI=1S/C11H20N4O/c1-4-10(11(12)16)14-9(3)7-15-6-8(2)5-13-15/h5-6,9-10,14H,4,7H2,1-3H3,(H2,12,16)/t9-,10-/m0/s1. The number of carbonyl (C=O) groups is 1. The van der Waals surface area contributed by atoms with E-state index in [2.05, 4.69) is 10.4 Å². The van der Waals surface area contributed by atoms with Crippen LogP contribution in [0.4, 0.5) is 0 Å². The SMILES string of the molecule is CC[C@H](N[C@@H](C)Cn1cc(C)cn1)C(N)=O. The zero-order valence-electron chi connectivity index (χ0n) is 10.1. The molecule has 1 aromatic heterocycles. The normalized spacial score (nSPS) is 14.7. The lowest BCUT2D eigenvalue weighted by Gasteiger charge is -2.19. The second-order valence-electron chi connectivity index (χ2n) is 4.17. The molecule has 0 aliphatic rings. The Kier molecular flexibility index (Phi) is 4.49. The van der Waals surface area contributed by atoms with Crippen LogP contribution in [0, 0.1) is 6.92 Å². The molecule has 0 unspecified atom stereocenters. The first kappa shape index (κ1) is 12.7. The second kappa shape index (κ2) is 5.65. The third-order valence-corrected chi connectivity index (χ3v) is 2.46. The predicted octanol–water partition coefficient (Wildman–Crippen LogP) is 0.434. The Morgan fingerprint density at radius 1 is 1.69 bits per heavy atom. The van der Waals surface area contributed by atoms with Gasteiger partial charge in [0.05, 0.1) is 18.8 Å². The van der Waals surface area contributed by atoms with Crippen LogP contribution in [0.15, 0.2) is 12.4 Å². The summed E-state index contributed by atoms with van der Waals surface area (Å²) in [4.78, 5) is 11.1. The van der Waals surface area contributed by atoms with Gasteiger partial charge in [-0.1, -0.05) is 6.92 Å². The van der Waals surface area contributed by atoms with Crippen molar-refractivity contribution in [3.63, 3.8) is 0 Å². The molecule has 0 radical (unpaired) electrons. The number of rotatable bonds is 6. The lowest BCUT2D eigenvalue weighted by atomic mass is 10.2. The third-order valence-electron chi connectivity index (χ3n) is 2.46. The van der Waals surface area contributed by atoms with Crippen molar-refractivity contribution in [2.24, 2.45) is 5.73 Å². The predicted molar refractivity (Wildman–Crippen MR) is 62.8 cm³/mol. The van der Waals surface area contributed by atoms with Crippen molar-refractivity contribution in [3.05, 3.63) is 18.0 Å². The zero-order valence-corrected chi connectivity index (χ0v) is 10.1. The van der Waals surface area contributed by atoms with Gasteiger partial charge >= 0.3 is 0 Å². The van der Waals surface area contributed by atoms with Crippen molar-refractivity contribution in [2.75, 3.05) is 0 Å². The minimum absolute atomic E-state index is 0.164. The maximum atomic E-state index is 11.1. The Morgan fingerprint density at radius 2 is 2.38 bits per heavy atom. The second-order valence-corrected chi connectivity index (χ2v) is 4.17. The highest BCUT2D eigenvalue weighted by Crippen LogP contribution is 1.98. The van der Waals surface area contributed by atoms with Gasteiger partial charge in [0.15, 0.2) is 0 Å². The van der Waals surface area contributed by atoms with Crippen LogP contribution in [0.5, 0.6) is 0 Å². The lowest BCUT2D eigenvalue weighted by molar-refractivity contribution is -0.120. The molecular formula is C11H20N4O. The number of aryl methyl sites for hydroxylation is 1. The van der Waals surface area contributed by atoms with E-state index < -0.39 is 0 Å². The van der Waals surface area contributed by atoms with Crippen LogP contribution < -0.4 is 11.1 Å². The molecule has 1 aromatic rings. The molecule has 0 aliphatic carbocycles. The van der Waals surface area contributed by atoms with Gasteiger partial charge in [-0.15, -0.1) is 0 Å². The lowest BCUT2D eigenvalue weighted by Crippen LogP contribution is -2.46. The van der Waals surface area contributed by atoms with E-state index in [1.54, 1.807) is 0 Å². The number of primary amides is 1. The number of aromatic nitrogens is 2. The number of carbonyl (C=O) groups excluding carboxylic acids is 1. The molecule has 1 rings (SSSR count). The number of nitrogens with one attached hydrogen (secondary N) is 1. The molecule has 0 aromatic carbocycles. The largest absolute Gasteiger partial charge is 0.368 e. The van der Waals surface area contributed by atoms with E-state index in [1.807, 2.05) is 37.8 Å². The van der Waals surface area contributed by atoms with E-state index in [0.29, 0.717) is 6.42 Å². The molecule has 5 nitrogen and oxygen atoms in total. The van der Waals surface area contributed by atoms with E-state index in [1.165, 1.54) is 0 Å². The van der Waals surface area contributed by atoms with Crippen LogP contribution in [0.3, 0.4) is 0 Å². The van der Waals surface area contributed by atoms with Crippen LogP contribution in [-0.4, -0.2) is 27.8 Å². The van der Waals surface area contributed by atoms with E-state index in [4.69, 9.17) is 5.73 Å². The molecule has 0 saturated carbocycles. The fourth-order valence-electron chi connectivity index (χ4n) is 1.64. The van der Waals surface area contributed by atoms with Gasteiger partial charge in [-0.05, 0) is 25.8 Å². The summed E-state index contributed by atoms with van der Waals surface area (Å²) in [5.41, 5.74) is 6.40. The van der Waals surface area contributed by atoms with Crippen molar-refractivity contribution in [1.82, 2.24) is 15.1 Å². The molecule has 1 heterocycles. The van der Waals surface area contributed by atoms with Crippen molar-refractivity contribution < 1.29 is 4.79 Å². The molecule has 0 spiro atoms. The highest BCUT2D eigenvalue weighted by atomic mass is 16.1. The fraction of sp³-hybridized carbons (Fsp3) is 0.636. The summed E-state index contributed by atoms with van der Waals surface area (Å²) < 4.78 is 1.86. The Morgan fingerprint density at radius 3 is 2.81 bits per heavy atom. The summed E-state index contributed by atoms with van der Waals surface area (Å²) >= 11 is 0. The summed E-state index contributed by atoms with van der Waals surface area (Å²) in [6, 6.07) is -0.0941. The molecule has 5 heteroatoms. The number of nitrogens with two attached hydrogens (primary N) is 1. The smallest absolute Gasteiger partial charge is 0.234 e. The number of amides is 1. The summed E-state index contributed by atoms with van der Waals surface area (Å²) in [6.45, 7) is 6.69. The van der Waals surface area contributed by atoms with Gasteiger partial charge in [0.25, 0.3) is 0 Å². The Bertz CT molecular complexity index is 348. The molecule has 0 aliphatic heterocycles. The molecule has 90 valence electrons. The molecule has 1 amide bonds. The Labute approximate surface area is 96.0 Å². The van der Waals surface area contributed by atoms with Gasteiger partial charge in [0, 0.05) is 12.2 Å². The average molecular weight is 224 g/mol. The molecule has 3 N–H and O–H groups in total. The van der Waals surface area contributed by atoms with Gasteiger partial charge in [0.2, 0.25) is 5.91 Å². The minimum atomic E-state index is -0.300. The highest BCUT2D eigenvalue weighted by molar-refractivity contribution is 5.79. The van der Waals surface area contributed by atoms with Crippen LogP contribution >= 0.6 is 0 Å². The molecular weight excluding hydrogens is 204 g/mol. The van der Waals surface area contributed by atoms with Crippen molar-refractivity contribution in [3.8, 4) is 0 Å². The molecule has 16 heavy (non-hydrogen) atoms. The first-order chi connectivity index (χ1) is 7.52. The fourth-order valence-corrected chi connectivity index (χ4v) is 1.64. The first-order valence-corrected chi connectivity index (χ1v) is 5.57. The Hall–Kier alpha value is -1.36. The van der Waals surface area contributed by atoms with Crippen LogP contribution in [0.2, 0.25) is 0 Å². The van der Waals surface area contributed by atoms with Gasteiger partial charge in [-0.25, -0.2) is 0 Å². The van der Waals surface area contributed by atoms with Gasteiger partial charge in [-0.2, -0.15) is 5.10 Å². The number of hydrogen-bond acceptors (Lipinski definition) is 3. The average Bonchev–Trinajstić information content (AvgIpc) is 2.60. The third kappa shape index (κ3) is 3.66. The van der Waals surface area contributed by atoms with Crippen molar-refractivity contribution >= 4 is 5.91 Å². The van der Waals surface area contributed by atoms with E-state index in [0.717, 1.165) is 12.1 Å². The van der Waals surface area contributed by atoms with E-state index >= 15 is 0 Å². The van der Waals surface area contributed by atoms with Crippen molar-refractivity contribution in [2.45, 2.75) is 45.8 Å². The molecule has 0 saturated heterocycles. The number of nitrogens with zero attached hydrogens (tertiary/aromatic N) is 2. The maximum Gasteiger partial charge on any atom is 0.234 e. The summed E-state index contributed by atoms with van der Waals surface area (Å²) in [5, 5.41) is 7.38. The molecule has 0 fully saturated rings. The van der Waals surface area contributed by atoms with Crippen molar-refractivity contribution in [1.29, 1.82) is 0 Å². The maximum absolute atomic E-state index is 11.1. The topological polar surface area (TPSA) is 72.9 Å². The highest BCUT2D eigenvalue weighted by Gasteiger charge is 2.15. The summed E-state index contributed by atoms with van der Waals surface area (Å²) in [6.07, 6.45) is 4.50. The molecule has 2 atom stereocenters. The summed E-state index contributed by atoms with van der Waals surface area (Å²) in [5.74, 6) is -0.300. The quantitative estimate of drug-likeness (QED) is 0.736. The number of hydrogen-bond donors (Lipinski definition) is 2. The molecule has 0 bridgehead atoms. The van der Waals surface area contributed by atoms with Gasteiger partial charge in [-0.3, -0.25) is 9.48 Å². The van der Waals surface area contributed by atoms with E-state index in [-0.39, 0.29) is 18.0 Å². The van der Waals surface area contributed by atoms with Gasteiger partial charge < -0.3 is 11.1 Å².